The fourth-order valence-electron chi connectivity index (χ4n) is 5.05. The topological polar surface area (TPSA) is 65.6 Å². The molecule has 0 radical (unpaired) electrons. The second-order valence-corrected chi connectivity index (χ2v) is 12.0. The van der Waals surface area contributed by atoms with Gasteiger partial charge in [-0.25, -0.2) is 9.79 Å². The Balaban J connectivity index is 1.68. The number of thiazole rings is 1. The van der Waals surface area contributed by atoms with E-state index >= 15 is 0 Å². The van der Waals surface area contributed by atoms with Crippen LogP contribution in [0.25, 0.3) is 11.8 Å². The van der Waals surface area contributed by atoms with Crippen LogP contribution in [0.15, 0.2) is 69.6 Å². The van der Waals surface area contributed by atoms with Gasteiger partial charge in [-0.05, 0) is 105 Å². The number of aromatic nitrogens is 2. The number of halogens is 1. The lowest BCUT2D eigenvalue weighted by Crippen LogP contribution is -2.39. The molecule has 1 aliphatic heterocycles. The molecular weight excluding hydrogens is 621 g/mol. The van der Waals surface area contributed by atoms with E-state index in [9.17, 15) is 9.59 Å². The second-order valence-electron chi connectivity index (χ2n) is 9.81. The maximum atomic E-state index is 14.0. The van der Waals surface area contributed by atoms with Gasteiger partial charge in [-0.2, -0.15) is 0 Å². The van der Waals surface area contributed by atoms with Gasteiger partial charge >= 0.3 is 5.97 Å². The van der Waals surface area contributed by atoms with Crippen LogP contribution in [0.3, 0.4) is 0 Å². The number of fused-ring (bicyclic) bond motifs is 1. The Kier molecular flexibility index (Phi) is 7.52. The highest BCUT2D eigenvalue weighted by Crippen LogP contribution is 2.31. The average molecular weight is 652 g/mol. The molecule has 0 saturated carbocycles. The molecule has 0 N–H and O–H groups in total. The summed E-state index contributed by atoms with van der Waals surface area (Å²) in [6, 6.07) is 15.8. The van der Waals surface area contributed by atoms with E-state index in [1.54, 1.807) is 18.4 Å². The molecule has 4 aromatic rings. The molecule has 1 atom stereocenters. The van der Waals surface area contributed by atoms with Gasteiger partial charge in [-0.15, -0.1) is 0 Å². The molecule has 39 heavy (non-hydrogen) atoms. The molecule has 6 nitrogen and oxygen atoms in total. The van der Waals surface area contributed by atoms with Crippen molar-refractivity contribution in [3.05, 3.63) is 117 Å². The van der Waals surface area contributed by atoms with Gasteiger partial charge in [0.2, 0.25) is 0 Å². The summed E-state index contributed by atoms with van der Waals surface area (Å²) in [4.78, 5) is 32.3. The smallest absolute Gasteiger partial charge is 0.338 e. The summed E-state index contributed by atoms with van der Waals surface area (Å²) in [6.45, 7) is 12.1. The Morgan fingerprint density at radius 1 is 1.08 bits per heavy atom. The number of allylic oxidation sites excluding steroid dienone is 1. The number of benzene rings is 2. The van der Waals surface area contributed by atoms with Gasteiger partial charge in [0, 0.05) is 20.6 Å². The van der Waals surface area contributed by atoms with Crippen LogP contribution >= 0.6 is 33.9 Å². The Morgan fingerprint density at radius 3 is 2.46 bits per heavy atom. The Labute approximate surface area is 245 Å². The average Bonchev–Trinajstić information content (AvgIpc) is 3.35. The summed E-state index contributed by atoms with van der Waals surface area (Å²) in [5.74, 6) is -0.449. The zero-order valence-electron chi connectivity index (χ0n) is 22.8. The molecule has 0 spiro atoms. The Hall–Kier alpha value is -3.24. The first-order valence-corrected chi connectivity index (χ1v) is 14.7. The van der Waals surface area contributed by atoms with E-state index in [1.165, 1.54) is 20.5 Å². The predicted octanol–water partition coefficient (Wildman–Crippen LogP) is 5.43. The van der Waals surface area contributed by atoms with Crippen molar-refractivity contribution in [1.82, 2.24) is 9.13 Å². The van der Waals surface area contributed by atoms with Crippen LogP contribution in [-0.4, -0.2) is 21.7 Å². The van der Waals surface area contributed by atoms with Crippen molar-refractivity contribution in [2.45, 2.75) is 47.6 Å². The van der Waals surface area contributed by atoms with Crippen LogP contribution in [0.4, 0.5) is 0 Å². The summed E-state index contributed by atoms with van der Waals surface area (Å²) in [6.07, 6.45) is 1.94. The summed E-state index contributed by atoms with van der Waals surface area (Å²) in [7, 11) is 0. The van der Waals surface area contributed by atoms with Crippen LogP contribution in [0.2, 0.25) is 0 Å². The van der Waals surface area contributed by atoms with Crippen molar-refractivity contribution in [2.75, 3.05) is 6.61 Å². The van der Waals surface area contributed by atoms with E-state index < -0.39 is 12.0 Å². The minimum absolute atomic E-state index is 0.173. The Morgan fingerprint density at radius 2 is 1.79 bits per heavy atom. The lowest BCUT2D eigenvalue weighted by Gasteiger charge is -2.24. The number of carbonyl (C=O) groups excluding carboxylic acids is 1. The van der Waals surface area contributed by atoms with Crippen molar-refractivity contribution >= 4 is 46.0 Å². The highest BCUT2D eigenvalue weighted by atomic mass is 127. The minimum Gasteiger partial charge on any atom is -0.463 e. The molecule has 2 aromatic carbocycles. The fourth-order valence-corrected chi connectivity index (χ4v) is 6.59. The van der Waals surface area contributed by atoms with Crippen LogP contribution in [0.5, 0.6) is 0 Å². The van der Waals surface area contributed by atoms with E-state index in [-0.39, 0.29) is 12.2 Å². The lowest BCUT2D eigenvalue weighted by atomic mass is 9.95. The molecule has 5 rings (SSSR count). The molecule has 2 aromatic heterocycles. The number of hydrogen-bond donors (Lipinski definition) is 0. The van der Waals surface area contributed by atoms with Crippen LogP contribution in [-0.2, 0) is 9.53 Å². The zero-order valence-corrected chi connectivity index (χ0v) is 25.8. The molecular formula is C31H30IN3O3S. The summed E-state index contributed by atoms with van der Waals surface area (Å²) in [5.41, 5.74) is 8.18. The van der Waals surface area contributed by atoms with Gasteiger partial charge in [-0.1, -0.05) is 47.2 Å². The fraction of sp³-hybridized carbons (Fsp3) is 0.258. The monoisotopic (exact) mass is 651 g/mol. The first-order valence-electron chi connectivity index (χ1n) is 12.8. The number of ether oxygens (including phenoxy) is 1. The summed E-state index contributed by atoms with van der Waals surface area (Å²) in [5, 5.41) is 0. The number of hydrogen-bond acceptors (Lipinski definition) is 5. The normalized spacial score (nSPS) is 15.4. The number of nitrogens with zero attached hydrogens (tertiary/aromatic N) is 3. The van der Waals surface area contributed by atoms with Crippen molar-refractivity contribution in [3.8, 4) is 5.69 Å². The molecule has 200 valence electrons. The SMILES string of the molecule is CCOC(=O)C1=C(C)N=c2s/c(=C\c3cc(C)n(-c4ccc(C)c(I)c4)c3C)c(=O)n2[C@H]1c1ccc(C)cc1. The highest BCUT2D eigenvalue weighted by molar-refractivity contribution is 14.1. The molecule has 0 bridgehead atoms. The molecule has 0 saturated heterocycles. The van der Waals surface area contributed by atoms with Crippen molar-refractivity contribution in [1.29, 1.82) is 0 Å². The molecule has 0 aliphatic carbocycles. The van der Waals surface area contributed by atoms with Crippen molar-refractivity contribution < 1.29 is 9.53 Å². The van der Waals surface area contributed by atoms with E-state index in [0.29, 0.717) is 20.6 Å². The van der Waals surface area contributed by atoms with Crippen molar-refractivity contribution in [2.24, 2.45) is 4.99 Å². The molecule has 0 unspecified atom stereocenters. The molecule has 3 heterocycles. The van der Waals surface area contributed by atoms with Gasteiger partial charge < -0.3 is 9.30 Å². The number of rotatable bonds is 5. The predicted molar refractivity (Wildman–Crippen MR) is 164 cm³/mol. The molecule has 0 fully saturated rings. The standard InChI is InChI=1S/C31H30IN3O3S/c1-7-38-30(37)27-20(5)33-31-35(28(27)22-11-8-17(2)9-12-22)29(36)26(39-31)15-23-14-19(4)34(21(23)6)24-13-10-18(3)25(32)16-24/h8-16,28H,7H2,1-6H3/b26-15-/t28-/m0/s1. The van der Waals surface area contributed by atoms with Crippen LogP contribution < -0.4 is 14.9 Å². The lowest BCUT2D eigenvalue weighted by molar-refractivity contribution is -0.139. The van der Waals surface area contributed by atoms with Gasteiger partial charge in [0.05, 0.1) is 28.5 Å². The van der Waals surface area contributed by atoms with E-state index in [0.717, 1.165) is 33.8 Å². The second kappa shape index (κ2) is 10.7. The first kappa shape index (κ1) is 27.3. The summed E-state index contributed by atoms with van der Waals surface area (Å²) < 4.78 is 11.0. The minimum atomic E-state index is -0.606. The van der Waals surface area contributed by atoms with Gasteiger partial charge in [0.1, 0.15) is 0 Å². The maximum absolute atomic E-state index is 14.0. The largest absolute Gasteiger partial charge is 0.463 e. The van der Waals surface area contributed by atoms with Crippen LogP contribution in [0.1, 0.15) is 53.5 Å². The van der Waals surface area contributed by atoms with E-state index in [1.807, 2.05) is 37.3 Å². The third-order valence-corrected chi connectivity index (χ3v) is 9.23. The van der Waals surface area contributed by atoms with Gasteiger partial charge in [0.15, 0.2) is 4.80 Å². The number of aryl methyl sites for hydroxylation is 3. The first-order chi connectivity index (χ1) is 18.6. The number of esters is 1. The Bertz CT molecular complexity index is 1820. The summed E-state index contributed by atoms with van der Waals surface area (Å²) >= 11 is 3.71. The van der Waals surface area contributed by atoms with Gasteiger partial charge in [-0.3, -0.25) is 9.36 Å². The van der Waals surface area contributed by atoms with Crippen LogP contribution in [0, 0.1) is 31.3 Å². The third kappa shape index (κ3) is 4.96. The molecule has 1 aliphatic rings. The maximum Gasteiger partial charge on any atom is 0.338 e. The molecule has 0 amide bonds. The molecule has 8 heteroatoms. The number of carbonyl (C=O) groups is 1. The van der Waals surface area contributed by atoms with Crippen molar-refractivity contribution in [3.63, 3.8) is 0 Å². The van der Waals surface area contributed by atoms with Gasteiger partial charge in [0.25, 0.3) is 5.56 Å². The highest BCUT2D eigenvalue weighted by Gasteiger charge is 2.33. The van der Waals surface area contributed by atoms with E-state index in [4.69, 9.17) is 9.73 Å². The third-order valence-electron chi connectivity index (χ3n) is 7.08. The quantitative estimate of drug-likeness (QED) is 0.214. The van der Waals surface area contributed by atoms with E-state index in [2.05, 4.69) is 72.2 Å². The zero-order chi connectivity index (χ0) is 28.0.